The molecule has 4 aliphatic carbocycles. The molecule has 0 aromatic carbocycles. The van der Waals surface area contributed by atoms with Gasteiger partial charge in [0.15, 0.2) is 0 Å². The molecule has 0 bridgehead atoms. The van der Waals surface area contributed by atoms with E-state index in [1.54, 1.807) is 0 Å². The van der Waals surface area contributed by atoms with Crippen LogP contribution in [0.2, 0.25) is 0 Å². The molecule has 2 spiro atoms. The molecule has 4 saturated carbocycles. The van der Waals surface area contributed by atoms with Crippen molar-refractivity contribution in [3.05, 3.63) is 0 Å². The predicted octanol–water partition coefficient (Wildman–Crippen LogP) is 8.50. The van der Waals surface area contributed by atoms with Crippen LogP contribution < -0.4 is 0 Å². The normalized spacial score (nSPS) is 42.9. The Morgan fingerprint density at radius 1 is 0.690 bits per heavy atom. The lowest BCUT2D eigenvalue weighted by atomic mass is 9.42. The van der Waals surface area contributed by atoms with E-state index >= 15 is 0 Å². The van der Waals surface area contributed by atoms with Gasteiger partial charge < -0.3 is 0 Å². The highest BCUT2D eigenvalue weighted by Crippen LogP contribution is 2.64. The molecular formula is C28H48O. The van der Waals surface area contributed by atoms with Gasteiger partial charge in [0.1, 0.15) is 5.78 Å². The van der Waals surface area contributed by atoms with Crippen LogP contribution in [0.3, 0.4) is 0 Å². The Morgan fingerprint density at radius 3 is 1.83 bits per heavy atom. The second kappa shape index (κ2) is 9.44. The van der Waals surface area contributed by atoms with Gasteiger partial charge in [-0.25, -0.2) is 0 Å². The number of hydrogen-bond acceptors (Lipinski definition) is 1. The summed E-state index contributed by atoms with van der Waals surface area (Å²) >= 11 is 0. The van der Waals surface area contributed by atoms with Crippen LogP contribution >= 0.6 is 0 Å². The van der Waals surface area contributed by atoms with E-state index in [0.717, 1.165) is 29.5 Å². The topological polar surface area (TPSA) is 17.1 Å². The number of carbonyl (C=O) groups excluding carboxylic acids is 1. The van der Waals surface area contributed by atoms with Crippen LogP contribution in [0.15, 0.2) is 0 Å². The van der Waals surface area contributed by atoms with Crippen LogP contribution in [0.5, 0.6) is 0 Å². The summed E-state index contributed by atoms with van der Waals surface area (Å²) in [7, 11) is 0. The third-order valence-corrected chi connectivity index (χ3v) is 10.3. The molecule has 0 aliphatic heterocycles. The van der Waals surface area contributed by atoms with Crippen LogP contribution in [-0.2, 0) is 4.79 Å². The Bertz CT molecular complexity index is 525. The minimum Gasteiger partial charge on any atom is -0.298 e. The van der Waals surface area contributed by atoms with Crippen molar-refractivity contribution in [3.8, 4) is 0 Å². The standard InChI is InChI=1S/C28H48O/c1-3-5-6-7-8-23-13-17-27(18-14-23)21-28(26(27)29)19-15-25(16-20-28)24-11-9-22(4-2)10-12-24/h22-25H,3-21H2,1-2H3/t22?,23?,24?,25-,27-,28-. The third kappa shape index (κ3) is 4.50. The van der Waals surface area contributed by atoms with Gasteiger partial charge in [-0.15, -0.1) is 0 Å². The lowest BCUT2D eigenvalue weighted by molar-refractivity contribution is -0.169. The van der Waals surface area contributed by atoms with Crippen LogP contribution in [-0.4, -0.2) is 5.78 Å². The zero-order valence-electron chi connectivity index (χ0n) is 19.7. The summed E-state index contributed by atoms with van der Waals surface area (Å²) in [6.07, 6.45) is 25.9. The van der Waals surface area contributed by atoms with E-state index in [9.17, 15) is 4.79 Å². The molecule has 0 N–H and O–H groups in total. The molecule has 0 heterocycles. The van der Waals surface area contributed by atoms with Gasteiger partial charge >= 0.3 is 0 Å². The molecule has 0 amide bonds. The smallest absolute Gasteiger partial charge is 0.145 e. The number of carbonyl (C=O) groups is 1. The SMILES string of the molecule is CCCCCCC1CC[C@]2(CC1)C[C@@]1(CC[C@H](C3CCC(CC)CC3)CC1)C2=O. The molecule has 1 nitrogen and oxygen atoms in total. The zero-order chi connectivity index (χ0) is 20.3. The highest BCUT2D eigenvalue weighted by Gasteiger charge is 2.63. The van der Waals surface area contributed by atoms with Crippen molar-refractivity contribution in [2.45, 2.75) is 136 Å². The number of rotatable bonds is 7. The van der Waals surface area contributed by atoms with Crippen LogP contribution in [0, 0.1) is 34.5 Å². The van der Waals surface area contributed by atoms with E-state index in [0.29, 0.717) is 0 Å². The van der Waals surface area contributed by atoms with Gasteiger partial charge in [0.2, 0.25) is 0 Å². The fraction of sp³-hybridized carbons (Fsp3) is 0.964. The van der Waals surface area contributed by atoms with Gasteiger partial charge in [-0.2, -0.15) is 0 Å². The van der Waals surface area contributed by atoms with Crippen molar-refractivity contribution >= 4 is 5.78 Å². The maximum Gasteiger partial charge on any atom is 0.145 e. The molecule has 0 atom stereocenters. The lowest BCUT2D eigenvalue weighted by Gasteiger charge is -2.59. The zero-order valence-corrected chi connectivity index (χ0v) is 19.7. The number of hydrogen-bond donors (Lipinski definition) is 0. The van der Waals surface area contributed by atoms with Gasteiger partial charge in [0.05, 0.1) is 0 Å². The maximum absolute atomic E-state index is 13.5. The highest BCUT2D eigenvalue weighted by atomic mass is 16.1. The van der Waals surface area contributed by atoms with Gasteiger partial charge in [0.25, 0.3) is 0 Å². The first-order chi connectivity index (χ1) is 14.1. The maximum atomic E-state index is 13.5. The molecule has 0 aromatic heterocycles. The first-order valence-corrected chi connectivity index (χ1v) is 13.7. The minimum absolute atomic E-state index is 0.144. The van der Waals surface area contributed by atoms with Gasteiger partial charge in [-0.1, -0.05) is 65.2 Å². The van der Waals surface area contributed by atoms with Crippen LogP contribution in [0.25, 0.3) is 0 Å². The average Bonchev–Trinajstić information content (AvgIpc) is 2.78. The largest absolute Gasteiger partial charge is 0.298 e. The van der Waals surface area contributed by atoms with Crippen molar-refractivity contribution in [1.82, 2.24) is 0 Å². The predicted molar refractivity (Wildman–Crippen MR) is 123 cm³/mol. The van der Waals surface area contributed by atoms with Gasteiger partial charge in [-0.3, -0.25) is 4.79 Å². The fourth-order valence-corrected chi connectivity index (χ4v) is 8.18. The summed E-state index contributed by atoms with van der Waals surface area (Å²) in [6, 6.07) is 0. The fourth-order valence-electron chi connectivity index (χ4n) is 8.18. The summed E-state index contributed by atoms with van der Waals surface area (Å²) in [6.45, 7) is 4.67. The Labute approximate surface area is 181 Å². The Morgan fingerprint density at radius 2 is 1.28 bits per heavy atom. The Hall–Kier alpha value is -0.330. The quantitative estimate of drug-likeness (QED) is 0.391. The van der Waals surface area contributed by atoms with Crippen molar-refractivity contribution < 1.29 is 4.79 Å². The molecule has 4 rings (SSSR count). The molecule has 4 fully saturated rings. The molecule has 0 unspecified atom stereocenters. The van der Waals surface area contributed by atoms with Gasteiger partial charge in [0, 0.05) is 10.8 Å². The van der Waals surface area contributed by atoms with E-state index in [4.69, 9.17) is 0 Å². The van der Waals surface area contributed by atoms with E-state index in [1.807, 2.05) is 0 Å². The van der Waals surface area contributed by atoms with Crippen LogP contribution in [0.1, 0.15) is 136 Å². The average molecular weight is 401 g/mol. The Kier molecular flexibility index (Phi) is 7.12. The summed E-state index contributed by atoms with van der Waals surface area (Å²) in [5.74, 6) is 4.61. The number of ketones is 1. The molecular weight excluding hydrogens is 352 g/mol. The van der Waals surface area contributed by atoms with E-state index in [1.165, 1.54) is 122 Å². The first kappa shape index (κ1) is 21.9. The molecule has 166 valence electrons. The number of Topliss-reactive ketones (excluding diaryl/α,β-unsaturated/α-hetero) is 1. The van der Waals surface area contributed by atoms with Crippen molar-refractivity contribution in [2.24, 2.45) is 34.5 Å². The van der Waals surface area contributed by atoms with Crippen molar-refractivity contribution in [1.29, 1.82) is 0 Å². The summed E-state index contributed by atoms with van der Waals surface area (Å²) < 4.78 is 0. The first-order valence-electron chi connectivity index (χ1n) is 13.7. The molecule has 4 aliphatic rings. The second-order valence-electron chi connectivity index (χ2n) is 11.9. The number of unbranched alkanes of at least 4 members (excludes halogenated alkanes) is 3. The second-order valence-corrected chi connectivity index (χ2v) is 11.9. The van der Waals surface area contributed by atoms with E-state index < -0.39 is 0 Å². The molecule has 0 saturated heterocycles. The van der Waals surface area contributed by atoms with E-state index in [-0.39, 0.29) is 10.8 Å². The Balaban J connectivity index is 1.20. The highest BCUT2D eigenvalue weighted by molar-refractivity contribution is 5.96. The summed E-state index contributed by atoms with van der Waals surface area (Å²) in [5, 5.41) is 0. The monoisotopic (exact) mass is 400 g/mol. The molecule has 0 radical (unpaired) electrons. The van der Waals surface area contributed by atoms with Crippen LogP contribution in [0.4, 0.5) is 0 Å². The van der Waals surface area contributed by atoms with Crippen molar-refractivity contribution in [2.75, 3.05) is 0 Å². The summed E-state index contributed by atoms with van der Waals surface area (Å²) in [5.41, 5.74) is 0.289. The van der Waals surface area contributed by atoms with E-state index in [2.05, 4.69) is 13.8 Å². The lowest BCUT2D eigenvalue weighted by Crippen LogP contribution is -2.59. The molecule has 0 aromatic rings. The third-order valence-electron chi connectivity index (χ3n) is 10.3. The summed E-state index contributed by atoms with van der Waals surface area (Å²) in [4.78, 5) is 13.5. The molecule has 29 heavy (non-hydrogen) atoms. The van der Waals surface area contributed by atoms with Crippen molar-refractivity contribution in [3.63, 3.8) is 0 Å². The molecule has 1 heteroatoms. The van der Waals surface area contributed by atoms with Gasteiger partial charge in [-0.05, 0) is 94.3 Å². The minimum atomic E-state index is 0.144.